The number of aromatic nitrogens is 6. The minimum Gasteiger partial charge on any atom is -0.382 e. The van der Waals surface area contributed by atoms with Crippen molar-refractivity contribution in [2.75, 3.05) is 26.2 Å². The molecule has 13 heteroatoms. The summed E-state index contributed by atoms with van der Waals surface area (Å²) in [6.45, 7) is 3.09. The van der Waals surface area contributed by atoms with Gasteiger partial charge in [-0.05, 0) is 44.4 Å². The summed E-state index contributed by atoms with van der Waals surface area (Å²) in [4.78, 5) is 24.3. The van der Waals surface area contributed by atoms with Gasteiger partial charge in [-0.25, -0.2) is 24.1 Å². The number of likely N-dealkylation sites (tertiary alicyclic amines) is 2. The van der Waals surface area contributed by atoms with E-state index in [4.69, 9.17) is 0 Å². The molecule has 5 fully saturated rings. The van der Waals surface area contributed by atoms with Crippen LogP contribution in [0.3, 0.4) is 0 Å². The molecule has 10 nitrogen and oxygen atoms in total. The van der Waals surface area contributed by atoms with Crippen LogP contribution >= 0.6 is 0 Å². The minimum atomic E-state index is -4.50. The van der Waals surface area contributed by atoms with Gasteiger partial charge in [0.2, 0.25) is 5.82 Å². The summed E-state index contributed by atoms with van der Waals surface area (Å²) >= 11 is 0. The van der Waals surface area contributed by atoms with E-state index >= 15 is 0 Å². The average molecular weight is 493 g/mol. The van der Waals surface area contributed by atoms with Crippen molar-refractivity contribution in [3.05, 3.63) is 24.3 Å². The van der Waals surface area contributed by atoms with Gasteiger partial charge in [-0.2, -0.15) is 23.4 Å². The van der Waals surface area contributed by atoms with Crippen LogP contribution in [0, 0.1) is 16.7 Å². The molecule has 35 heavy (non-hydrogen) atoms. The fraction of sp³-hybridized carbons (Fsp3) is 0.773. The van der Waals surface area contributed by atoms with Gasteiger partial charge in [0.25, 0.3) is 0 Å². The first kappa shape index (κ1) is 21.6. The van der Waals surface area contributed by atoms with E-state index in [1.165, 1.54) is 0 Å². The van der Waals surface area contributed by atoms with Crippen LogP contribution in [0.4, 0.5) is 18.0 Å². The highest BCUT2D eigenvalue weighted by Crippen LogP contribution is 2.56. The molecule has 3 saturated carbocycles. The molecule has 0 atom stereocenters. The standard InChI is InChI=1S/C22H27F3N8O2/c23-22(24,25)17-26-12-28-32(17)7-14-3-19(4-14)8-30(9-19)18(34)31-10-20(11-31)5-15(6-20)33-13-27-16(29-33)21(35)1-2-21/h12-15,35H,1-11H2. The molecule has 2 aliphatic heterocycles. The second kappa shape index (κ2) is 6.74. The molecule has 2 saturated heterocycles. The maximum atomic E-state index is 13.0. The van der Waals surface area contributed by atoms with Crippen molar-refractivity contribution >= 4 is 6.03 Å². The Morgan fingerprint density at radius 1 is 1.03 bits per heavy atom. The fourth-order valence-corrected chi connectivity index (χ4v) is 6.80. The number of hydrogen-bond donors (Lipinski definition) is 1. The van der Waals surface area contributed by atoms with Gasteiger partial charge in [0.1, 0.15) is 18.3 Å². The molecule has 5 aliphatic rings. The first-order valence-corrected chi connectivity index (χ1v) is 12.2. The van der Waals surface area contributed by atoms with E-state index < -0.39 is 17.6 Å². The second-order valence-electron chi connectivity index (χ2n) is 11.7. The Hall–Kier alpha value is -2.70. The summed E-state index contributed by atoms with van der Waals surface area (Å²) in [6, 6.07) is 0.348. The van der Waals surface area contributed by atoms with Crippen LogP contribution in [-0.4, -0.2) is 76.6 Å². The number of halogens is 3. The fourth-order valence-electron chi connectivity index (χ4n) is 6.80. The van der Waals surface area contributed by atoms with Crippen LogP contribution < -0.4 is 0 Å². The van der Waals surface area contributed by atoms with E-state index in [0.717, 1.165) is 62.6 Å². The van der Waals surface area contributed by atoms with E-state index in [1.807, 2.05) is 14.5 Å². The number of carbonyl (C=O) groups is 1. The summed E-state index contributed by atoms with van der Waals surface area (Å²) in [5.41, 5.74) is -0.593. The lowest BCUT2D eigenvalue weighted by atomic mass is 9.57. The van der Waals surface area contributed by atoms with Crippen molar-refractivity contribution in [2.45, 2.75) is 62.9 Å². The van der Waals surface area contributed by atoms with Gasteiger partial charge in [0.15, 0.2) is 5.82 Å². The molecule has 7 rings (SSSR count). The molecular formula is C22H27F3N8O2. The molecule has 4 heterocycles. The van der Waals surface area contributed by atoms with Crippen LogP contribution in [-0.2, 0) is 18.3 Å². The van der Waals surface area contributed by atoms with E-state index in [9.17, 15) is 23.1 Å². The van der Waals surface area contributed by atoms with E-state index in [2.05, 4.69) is 20.2 Å². The van der Waals surface area contributed by atoms with Crippen molar-refractivity contribution in [1.29, 1.82) is 0 Å². The Labute approximate surface area is 199 Å². The van der Waals surface area contributed by atoms with Crippen molar-refractivity contribution in [2.24, 2.45) is 16.7 Å². The van der Waals surface area contributed by atoms with Crippen LogP contribution in [0.2, 0.25) is 0 Å². The third-order valence-corrected chi connectivity index (χ3v) is 8.75. The number of hydrogen-bond acceptors (Lipinski definition) is 6. The highest BCUT2D eigenvalue weighted by molar-refractivity contribution is 5.77. The molecule has 0 bridgehead atoms. The number of aliphatic hydroxyl groups is 1. The smallest absolute Gasteiger partial charge is 0.382 e. The predicted molar refractivity (Wildman–Crippen MR) is 113 cm³/mol. The summed E-state index contributed by atoms with van der Waals surface area (Å²) in [5.74, 6) is -0.290. The number of rotatable bonds is 4. The molecule has 2 spiro atoms. The first-order valence-electron chi connectivity index (χ1n) is 12.2. The number of nitrogens with zero attached hydrogens (tertiary/aromatic N) is 8. The Morgan fingerprint density at radius 3 is 2.26 bits per heavy atom. The lowest BCUT2D eigenvalue weighted by Crippen LogP contribution is -2.71. The van der Waals surface area contributed by atoms with E-state index in [0.29, 0.717) is 18.9 Å². The number of alkyl halides is 3. The number of urea groups is 1. The van der Waals surface area contributed by atoms with Crippen LogP contribution in [0.5, 0.6) is 0 Å². The summed E-state index contributed by atoms with van der Waals surface area (Å²) < 4.78 is 41.8. The maximum absolute atomic E-state index is 13.0. The average Bonchev–Trinajstić information content (AvgIpc) is 3.09. The topological polar surface area (TPSA) is 105 Å². The van der Waals surface area contributed by atoms with E-state index in [-0.39, 0.29) is 35.4 Å². The molecule has 1 N–H and O–H groups in total. The lowest BCUT2D eigenvalue weighted by Gasteiger charge is -2.63. The van der Waals surface area contributed by atoms with Crippen LogP contribution in [0.25, 0.3) is 0 Å². The second-order valence-corrected chi connectivity index (χ2v) is 11.7. The molecule has 0 radical (unpaired) electrons. The number of amides is 2. The Morgan fingerprint density at radius 2 is 1.66 bits per heavy atom. The number of carbonyl (C=O) groups excluding carboxylic acids is 1. The van der Waals surface area contributed by atoms with Gasteiger partial charge in [-0.1, -0.05) is 0 Å². The van der Waals surface area contributed by atoms with E-state index in [1.54, 1.807) is 6.33 Å². The Balaban J connectivity index is 0.857. The third-order valence-electron chi connectivity index (χ3n) is 8.75. The SMILES string of the molecule is O=C(N1CC2(CC(Cn3ncnc3C(F)(F)F)C2)C1)N1CC2(CC(n3cnc(C4(O)CC4)n3)C2)C1. The monoisotopic (exact) mass is 492 g/mol. The van der Waals surface area contributed by atoms with Crippen molar-refractivity contribution in [3.8, 4) is 0 Å². The van der Waals surface area contributed by atoms with Gasteiger partial charge in [-0.15, -0.1) is 0 Å². The maximum Gasteiger partial charge on any atom is 0.451 e. The van der Waals surface area contributed by atoms with Crippen molar-refractivity contribution in [3.63, 3.8) is 0 Å². The highest BCUT2D eigenvalue weighted by atomic mass is 19.4. The van der Waals surface area contributed by atoms with Gasteiger partial charge in [0, 0.05) is 43.6 Å². The molecule has 0 unspecified atom stereocenters. The summed E-state index contributed by atoms with van der Waals surface area (Å²) in [5, 5.41) is 18.4. The van der Waals surface area contributed by atoms with Gasteiger partial charge in [-0.3, -0.25) is 0 Å². The van der Waals surface area contributed by atoms with Crippen LogP contribution in [0.15, 0.2) is 12.7 Å². The quantitative estimate of drug-likeness (QED) is 0.701. The van der Waals surface area contributed by atoms with Crippen LogP contribution in [0.1, 0.15) is 56.2 Å². The minimum absolute atomic E-state index is 0.0554. The molecule has 188 valence electrons. The normalized spacial score (nSPS) is 26.3. The largest absolute Gasteiger partial charge is 0.451 e. The molecular weight excluding hydrogens is 465 g/mol. The highest BCUT2D eigenvalue weighted by Gasteiger charge is 2.59. The van der Waals surface area contributed by atoms with Crippen molar-refractivity contribution in [1.82, 2.24) is 39.3 Å². The molecule has 0 aromatic carbocycles. The zero-order valence-corrected chi connectivity index (χ0v) is 19.2. The van der Waals surface area contributed by atoms with Gasteiger partial charge >= 0.3 is 12.2 Å². The molecule has 2 amide bonds. The Kier molecular flexibility index (Phi) is 4.15. The lowest BCUT2D eigenvalue weighted by molar-refractivity contribution is -0.149. The summed E-state index contributed by atoms with van der Waals surface area (Å²) in [7, 11) is 0. The molecule has 2 aromatic heterocycles. The zero-order valence-electron chi connectivity index (χ0n) is 19.2. The van der Waals surface area contributed by atoms with Gasteiger partial charge < -0.3 is 14.9 Å². The van der Waals surface area contributed by atoms with Crippen molar-refractivity contribution < 1.29 is 23.1 Å². The Bertz CT molecular complexity index is 1160. The predicted octanol–water partition coefficient (Wildman–Crippen LogP) is 2.04. The van der Waals surface area contributed by atoms with Gasteiger partial charge in [0.05, 0.1) is 6.04 Å². The molecule has 2 aromatic rings. The third kappa shape index (κ3) is 3.37. The summed E-state index contributed by atoms with van der Waals surface area (Å²) in [6.07, 6.45) is 3.17. The first-order chi connectivity index (χ1) is 16.6. The zero-order chi connectivity index (χ0) is 24.2. The molecule has 3 aliphatic carbocycles.